The number of nitrogens with one attached hydrogen (secondary N) is 2. The average Bonchev–Trinajstić information content (AvgIpc) is 3.27. The number of amides is 1. The van der Waals surface area contributed by atoms with Crippen molar-refractivity contribution in [2.45, 2.75) is 50.6 Å². The number of carbonyl (C=O) groups is 1. The van der Waals surface area contributed by atoms with Crippen LogP contribution >= 0.6 is 12.4 Å². The van der Waals surface area contributed by atoms with Gasteiger partial charge in [-0.1, -0.05) is 12.8 Å². The highest BCUT2D eigenvalue weighted by atomic mass is 35.5. The second-order valence-electron chi connectivity index (χ2n) is 6.86. The molecule has 2 N–H and O–H groups in total. The molecule has 0 bridgehead atoms. The number of halogens is 1. The summed E-state index contributed by atoms with van der Waals surface area (Å²) in [7, 11) is 2.16. The molecule has 1 aliphatic heterocycles. The van der Waals surface area contributed by atoms with E-state index < -0.39 is 0 Å². The van der Waals surface area contributed by atoms with E-state index in [1.807, 2.05) is 16.9 Å². The highest BCUT2D eigenvalue weighted by Gasteiger charge is 2.20. The van der Waals surface area contributed by atoms with Gasteiger partial charge in [-0.2, -0.15) is 5.10 Å². The Balaban J connectivity index is 0.00000208. The third-order valence-electron chi connectivity index (χ3n) is 5.18. The van der Waals surface area contributed by atoms with Crippen LogP contribution in [0, 0.1) is 0 Å². The summed E-state index contributed by atoms with van der Waals surface area (Å²) in [6, 6.07) is 2.90. The van der Waals surface area contributed by atoms with Crippen molar-refractivity contribution in [3.63, 3.8) is 0 Å². The minimum absolute atomic E-state index is 0. The van der Waals surface area contributed by atoms with E-state index in [2.05, 4.69) is 27.7 Å². The summed E-state index contributed by atoms with van der Waals surface area (Å²) in [6.07, 6.45) is 9.50. The van der Waals surface area contributed by atoms with Crippen molar-refractivity contribution in [2.24, 2.45) is 0 Å². The number of rotatable bonds is 6. The van der Waals surface area contributed by atoms with Crippen molar-refractivity contribution in [2.75, 3.05) is 33.2 Å². The molecule has 1 saturated heterocycles. The van der Waals surface area contributed by atoms with Crippen LogP contribution in [0.3, 0.4) is 0 Å². The monoisotopic (exact) mass is 355 g/mol. The summed E-state index contributed by atoms with van der Waals surface area (Å²) < 4.78 is 1.94. The van der Waals surface area contributed by atoms with Gasteiger partial charge in [0.05, 0.1) is 6.04 Å². The van der Waals surface area contributed by atoms with E-state index in [4.69, 9.17) is 0 Å². The molecule has 2 heterocycles. The molecule has 2 fully saturated rings. The summed E-state index contributed by atoms with van der Waals surface area (Å²) in [5.74, 6) is -0.0626. The molecule has 1 amide bonds. The maximum atomic E-state index is 12.2. The van der Waals surface area contributed by atoms with Gasteiger partial charge in [-0.25, -0.2) is 0 Å². The van der Waals surface area contributed by atoms with Crippen LogP contribution in [0.1, 0.15) is 55.1 Å². The molecule has 7 heteroatoms. The van der Waals surface area contributed by atoms with Crippen molar-refractivity contribution < 1.29 is 4.79 Å². The molecule has 0 spiro atoms. The van der Waals surface area contributed by atoms with Crippen LogP contribution in [0.25, 0.3) is 0 Å². The first-order valence-electron chi connectivity index (χ1n) is 8.98. The molecule has 6 nitrogen and oxygen atoms in total. The Labute approximate surface area is 150 Å². The molecule has 136 valence electrons. The first kappa shape index (κ1) is 19.2. The largest absolute Gasteiger partial charge is 0.349 e. The van der Waals surface area contributed by atoms with Crippen LogP contribution in [0.15, 0.2) is 12.3 Å². The predicted molar refractivity (Wildman–Crippen MR) is 97.8 cm³/mol. The third-order valence-corrected chi connectivity index (χ3v) is 5.18. The average molecular weight is 356 g/mol. The zero-order valence-electron chi connectivity index (χ0n) is 14.5. The highest BCUT2D eigenvalue weighted by molar-refractivity contribution is 5.92. The molecule has 2 aliphatic rings. The van der Waals surface area contributed by atoms with E-state index in [1.165, 1.54) is 32.1 Å². The lowest BCUT2D eigenvalue weighted by atomic mass is 10.1. The fourth-order valence-corrected chi connectivity index (χ4v) is 3.69. The smallest absolute Gasteiger partial charge is 0.271 e. The van der Waals surface area contributed by atoms with E-state index >= 15 is 0 Å². The molecule has 0 aromatic carbocycles. The zero-order valence-corrected chi connectivity index (χ0v) is 15.4. The topological polar surface area (TPSA) is 62.2 Å². The van der Waals surface area contributed by atoms with Gasteiger partial charge in [0, 0.05) is 31.9 Å². The molecule has 1 unspecified atom stereocenters. The van der Waals surface area contributed by atoms with E-state index in [0.717, 1.165) is 26.1 Å². The number of nitrogens with zero attached hydrogens (tertiary/aromatic N) is 3. The first-order chi connectivity index (χ1) is 11.2. The number of carbonyl (C=O) groups excluding carboxylic acids is 1. The fourth-order valence-electron chi connectivity index (χ4n) is 3.69. The Morgan fingerprint density at radius 3 is 2.88 bits per heavy atom. The number of piperidine rings is 1. The molecule has 1 aromatic heterocycles. The van der Waals surface area contributed by atoms with Crippen molar-refractivity contribution in [3.8, 4) is 0 Å². The number of aromatic nitrogens is 2. The molecular formula is C17H30ClN5O. The van der Waals surface area contributed by atoms with Crippen LogP contribution in [0.5, 0.6) is 0 Å². The molecular weight excluding hydrogens is 326 g/mol. The van der Waals surface area contributed by atoms with Crippen LogP contribution in [-0.4, -0.2) is 59.9 Å². The molecule has 1 aliphatic carbocycles. The summed E-state index contributed by atoms with van der Waals surface area (Å²) >= 11 is 0. The predicted octanol–water partition coefficient (Wildman–Crippen LogP) is 1.83. The second kappa shape index (κ2) is 9.39. The van der Waals surface area contributed by atoms with E-state index in [1.54, 1.807) is 0 Å². The maximum Gasteiger partial charge on any atom is 0.271 e. The quantitative estimate of drug-likeness (QED) is 0.817. The van der Waals surface area contributed by atoms with E-state index in [9.17, 15) is 4.79 Å². The minimum Gasteiger partial charge on any atom is -0.349 e. The van der Waals surface area contributed by atoms with Crippen molar-refractivity contribution in [1.82, 2.24) is 25.3 Å². The van der Waals surface area contributed by atoms with Gasteiger partial charge in [0.2, 0.25) is 0 Å². The number of hydrogen-bond donors (Lipinski definition) is 2. The van der Waals surface area contributed by atoms with Crippen molar-refractivity contribution in [3.05, 3.63) is 18.0 Å². The van der Waals surface area contributed by atoms with E-state index in [-0.39, 0.29) is 18.3 Å². The summed E-state index contributed by atoms with van der Waals surface area (Å²) in [4.78, 5) is 14.6. The van der Waals surface area contributed by atoms with Crippen molar-refractivity contribution in [1.29, 1.82) is 0 Å². The van der Waals surface area contributed by atoms with Gasteiger partial charge in [-0.3, -0.25) is 9.48 Å². The molecule has 3 rings (SSSR count). The number of hydrogen-bond acceptors (Lipinski definition) is 4. The van der Waals surface area contributed by atoms with E-state index in [0.29, 0.717) is 24.3 Å². The lowest BCUT2D eigenvalue weighted by molar-refractivity contribution is 0.0941. The second-order valence-corrected chi connectivity index (χ2v) is 6.86. The Bertz CT molecular complexity index is 509. The van der Waals surface area contributed by atoms with Gasteiger partial charge in [0.15, 0.2) is 0 Å². The van der Waals surface area contributed by atoms with Gasteiger partial charge >= 0.3 is 0 Å². The Morgan fingerprint density at radius 1 is 1.38 bits per heavy atom. The Hall–Kier alpha value is -1.11. The van der Waals surface area contributed by atoms with Crippen LogP contribution in [0.2, 0.25) is 0 Å². The Kier molecular flexibility index (Phi) is 7.52. The maximum absolute atomic E-state index is 12.2. The van der Waals surface area contributed by atoms with Gasteiger partial charge < -0.3 is 15.5 Å². The zero-order chi connectivity index (χ0) is 16.1. The lowest BCUT2D eigenvalue weighted by Crippen LogP contribution is -2.37. The minimum atomic E-state index is -0.0626. The van der Waals surface area contributed by atoms with Gasteiger partial charge in [0.25, 0.3) is 5.91 Å². The number of likely N-dealkylation sites (N-methyl/N-ethyl adjacent to an activating group) is 1. The Morgan fingerprint density at radius 2 is 2.17 bits per heavy atom. The van der Waals surface area contributed by atoms with Gasteiger partial charge in [-0.15, -0.1) is 12.4 Å². The van der Waals surface area contributed by atoms with Gasteiger partial charge in [-0.05, 0) is 45.3 Å². The molecule has 1 atom stereocenters. The van der Waals surface area contributed by atoms with Crippen LogP contribution in [-0.2, 0) is 0 Å². The fraction of sp³-hybridized carbons (Fsp3) is 0.765. The summed E-state index contributed by atoms with van der Waals surface area (Å²) in [5.41, 5.74) is 0.527. The SMILES string of the molecule is CN(CCNC(=O)c1ccn(C2CCCNC2)n1)C1CCCC1.Cl. The molecule has 1 aromatic rings. The highest BCUT2D eigenvalue weighted by Crippen LogP contribution is 2.21. The molecule has 1 saturated carbocycles. The standard InChI is InChI=1S/C17H29N5O.ClH/c1-21(14-5-2-3-6-14)12-10-19-17(23)16-8-11-22(20-16)15-7-4-9-18-13-15;/h8,11,14-15,18H,2-7,9-10,12-13H2,1H3,(H,19,23);1H. The van der Waals surface area contributed by atoms with Crippen molar-refractivity contribution >= 4 is 18.3 Å². The summed E-state index contributed by atoms with van der Waals surface area (Å²) in [6.45, 7) is 3.61. The molecule has 24 heavy (non-hydrogen) atoms. The third kappa shape index (κ3) is 4.94. The van der Waals surface area contributed by atoms with Crippen LogP contribution < -0.4 is 10.6 Å². The van der Waals surface area contributed by atoms with Crippen LogP contribution in [0.4, 0.5) is 0 Å². The normalized spacial score (nSPS) is 21.7. The van der Waals surface area contributed by atoms with Gasteiger partial charge in [0.1, 0.15) is 5.69 Å². The lowest BCUT2D eigenvalue weighted by Gasteiger charge is -2.23. The first-order valence-corrected chi connectivity index (χ1v) is 8.98. The molecule has 0 radical (unpaired) electrons. The summed E-state index contributed by atoms with van der Waals surface area (Å²) in [5, 5.41) is 10.8.